The summed E-state index contributed by atoms with van der Waals surface area (Å²) in [5.74, 6) is 0.0811. The van der Waals surface area contributed by atoms with Crippen molar-refractivity contribution in [2.45, 2.75) is 12.1 Å². The maximum absolute atomic E-state index is 13.3. The standard InChI is InChI=1S/C23H16Cl2N2O2S/c1-14-6-8-15(9-7-14)21(28)13-30-23-26-19-5-3-2-4-17(19)22(29)27(23)20-12-16(24)10-11-18(20)25/h2-12H,13H2,1H3. The molecule has 7 heteroatoms. The zero-order valence-corrected chi connectivity index (χ0v) is 18.3. The number of para-hydroxylation sites is 1. The lowest BCUT2D eigenvalue weighted by Gasteiger charge is -2.14. The van der Waals surface area contributed by atoms with Crippen LogP contribution in [0.5, 0.6) is 0 Å². The van der Waals surface area contributed by atoms with Gasteiger partial charge in [-0.1, -0.05) is 76.9 Å². The topological polar surface area (TPSA) is 52.0 Å². The summed E-state index contributed by atoms with van der Waals surface area (Å²) in [7, 11) is 0. The molecule has 4 rings (SSSR count). The van der Waals surface area contributed by atoms with Gasteiger partial charge in [0.2, 0.25) is 0 Å². The van der Waals surface area contributed by atoms with Gasteiger partial charge in [-0.25, -0.2) is 4.98 Å². The Morgan fingerprint density at radius 2 is 1.77 bits per heavy atom. The fourth-order valence-corrected chi connectivity index (χ4v) is 4.30. The van der Waals surface area contributed by atoms with Gasteiger partial charge in [0, 0.05) is 10.6 Å². The summed E-state index contributed by atoms with van der Waals surface area (Å²) in [6, 6.07) is 19.4. The molecular formula is C23H16Cl2N2O2S. The number of halogens is 2. The zero-order valence-electron chi connectivity index (χ0n) is 15.9. The molecule has 30 heavy (non-hydrogen) atoms. The van der Waals surface area contributed by atoms with E-state index in [0.717, 1.165) is 5.56 Å². The third-order valence-corrected chi connectivity index (χ3v) is 6.09. The molecule has 3 aromatic carbocycles. The molecule has 0 aliphatic heterocycles. The van der Waals surface area contributed by atoms with E-state index in [-0.39, 0.29) is 17.1 Å². The third kappa shape index (κ3) is 4.15. The summed E-state index contributed by atoms with van der Waals surface area (Å²) in [6.07, 6.45) is 0. The van der Waals surface area contributed by atoms with Crippen molar-refractivity contribution in [3.05, 3.63) is 98.3 Å². The normalized spacial score (nSPS) is 11.0. The lowest BCUT2D eigenvalue weighted by molar-refractivity contribution is 0.102. The van der Waals surface area contributed by atoms with Crippen LogP contribution in [0.3, 0.4) is 0 Å². The monoisotopic (exact) mass is 454 g/mol. The number of aryl methyl sites for hydroxylation is 1. The van der Waals surface area contributed by atoms with E-state index in [2.05, 4.69) is 4.98 Å². The Hall–Kier alpha value is -2.60. The quantitative estimate of drug-likeness (QED) is 0.211. The third-order valence-electron chi connectivity index (χ3n) is 4.60. The molecule has 150 valence electrons. The highest BCUT2D eigenvalue weighted by molar-refractivity contribution is 7.99. The van der Waals surface area contributed by atoms with Crippen molar-refractivity contribution in [1.29, 1.82) is 0 Å². The van der Waals surface area contributed by atoms with Gasteiger partial charge in [-0.05, 0) is 37.3 Å². The van der Waals surface area contributed by atoms with Crippen LogP contribution in [-0.4, -0.2) is 21.1 Å². The molecule has 0 N–H and O–H groups in total. The molecule has 0 fully saturated rings. The number of fused-ring (bicyclic) bond motifs is 1. The smallest absolute Gasteiger partial charge is 0.266 e. The van der Waals surface area contributed by atoms with Gasteiger partial charge in [-0.15, -0.1) is 0 Å². The van der Waals surface area contributed by atoms with Crippen LogP contribution in [0.4, 0.5) is 0 Å². The largest absolute Gasteiger partial charge is 0.293 e. The van der Waals surface area contributed by atoms with E-state index in [0.29, 0.717) is 37.4 Å². The predicted octanol–water partition coefficient (Wildman–Crippen LogP) is 5.98. The van der Waals surface area contributed by atoms with Gasteiger partial charge in [0.1, 0.15) is 0 Å². The Balaban J connectivity index is 1.80. The van der Waals surface area contributed by atoms with E-state index < -0.39 is 0 Å². The van der Waals surface area contributed by atoms with E-state index in [1.54, 1.807) is 48.5 Å². The van der Waals surface area contributed by atoms with Crippen LogP contribution in [0.1, 0.15) is 15.9 Å². The number of carbonyl (C=O) groups excluding carboxylic acids is 1. The highest BCUT2D eigenvalue weighted by atomic mass is 35.5. The molecule has 0 bridgehead atoms. The molecule has 0 amide bonds. The zero-order chi connectivity index (χ0) is 21.3. The second-order valence-electron chi connectivity index (χ2n) is 6.73. The average molecular weight is 455 g/mol. The van der Waals surface area contributed by atoms with E-state index in [1.807, 2.05) is 25.1 Å². The van der Waals surface area contributed by atoms with Crippen molar-refractivity contribution < 1.29 is 4.79 Å². The van der Waals surface area contributed by atoms with Gasteiger partial charge >= 0.3 is 0 Å². The summed E-state index contributed by atoms with van der Waals surface area (Å²) in [5.41, 5.74) is 2.42. The van der Waals surface area contributed by atoms with Crippen molar-refractivity contribution in [3.63, 3.8) is 0 Å². The first-order chi connectivity index (χ1) is 14.4. The fraction of sp³-hybridized carbons (Fsp3) is 0.0870. The molecule has 0 saturated heterocycles. The van der Waals surface area contributed by atoms with E-state index >= 15 is 0 Å². The summed E-state index contributed by atoms with van der Waals surface area (Å²) < 4.78 is 1.42. The van der Waals surface area contributed by atoms with Crippen LogP contribution in [0.25, 0.3) is 16.6 Å². The lowest BCUT2D eigenvalue weighted by Crippen LogP contribution is -2.22. The van der Waals surface area contributed by atoms with E-state index in [9.17, 15) is 9.59 Å². The Labute approximate surface area is 187 Å². The summed E-state index contributed by atoms with van der Waals surface area (Å²) in [5, 5.41) is 1.65. The van der Waals surface area contributed by atoms with Crippen LogP contribution in [0, 0.1) is 6.92 Å². The number of thioether (sulfide) groups is 1. The molecule has 0 unspecified atom stereocenters. The number of Topliss-reactive ketones (excluding diaryl/α,β-unsaturated/α-hetero) is 1. The van der Waals surface area contributed by atoms with Gasteiger partial charge in [0.05, 0.1) is 27.4 Å². The van der Waals surface area contributed by atoms with Crippen molar-refractivity contribution >= 4 is 51.6 Å². The second kappa shape index (κ2) is 8.64. The maximum atomic E-state index is 13.3. The summed E-state index contributed by atoms with van der Waals surface area (Å²) in [6.45, 7) is 1.97. The Morgan fingerprint density at radius 3 is 2.53 bits per heavy atom. The van der Waals surface area contributed by atoms with Gasteiger partial charge < -0.3 is 0 Å². The first-order valence-electron chi connectivity index (χ1n) is 9.14. The second-order valence-corrected chi connectivity index (χ2v) is 8.51. The van der Waals surface area contributed by atoms with Gasteiger partial charge in [-0.3, -0.25) is 14.2 Å². The average Bonchev–Trinajstić information content (AvgIpc) is 2.74. The van der Waals surface area contributed by atoms with Crippen molar-refractivity contribution in [2.24, 2.45) is 0 Å². The van der Waals surface area contributed by atoms with Crippen LogP contribution >= 0.6 is 35.0 Å². The minimum absolute atomic E-state index is 0.0499. The molecule has 0 radical (unpaired) electrons. The summed E-state index contributed by atoms with van der Waals surface area (Å²) in [4.78, 5) is 30.6. The van der Waals surface area contributed by atoms with Crippen molar-refractivity contribution in [1.82, 2.24) is 9.55 Å². The first-order valence-corrected chi connectivity index (χ1v) is 10.9. The number of ketones is 1. The molecule has 1 aromatic heterocycles. The Kier molecular flexibility index (Phi) is 5.95. The Morgan fingerprint density at radius 1 is 1.03 bits per heavy atom. The molecule has 0 saturated carbocycles. The molecule has 1 heterocycles. The molecule has 0 aliphatic rings. The predicted molar refractivity (Wildman–Crippen MR) is 124 cm³/mol. The number of rotatable bonds is 5. The van der Waals surface area contributed by atoms with Crippen LogP contribution in [0.15, 0.2) is 76.7 Å². The highest BCUT2D eigenvalue weighted by Crippen LogP contribution is 2.28. The molecule has 4 aromatic rings. The van der Waals surface area contributed by atoms with Gasteiger partial charge in [0.15, 0.2) is 10.9 Å². The molecule has 0 spiro atoms. The van der Waals surface area contributed by atoms with Crippen molar-refractivity contribution in [3.8, 4) is 5.69 Å². The highest BCUT2D eigenvalue weighted by Gasteiger charge is 2.17. The van der Waals surface area contributed by atoms with Crippen molar-refractivity contribution in [2.75, 3.05) is 5.75 Å². The fourth-order valence-electron chi connectivity index (χ4n) is 3.03. The SMILES string of the molecule is Cc1ccc(C(=O)CSc2nc3ccccc3c(=O)n2-c2cc(Cl)ccc2Cl)cc1. The number of aromatic nitrogens is 2. The van der Waals surface area contributed by atoms with E-state index in [4.69, 9.17) is 23.2 Å². The minimum Gasteiger partial charge on any atom is -0.293 e. The van der Waals surface area contributed by atoms with Crippen LogP contribution in [-0.2, 0) is 0 Å². The van der Waals surface area contributed by atoms with Crippen LogP contribution < -0.4 is 5.56 Å². The number of hydrogen-bond donors (Lipinski definition) is 0. The number of carbonyl (C=O) groups is 1. The lowest BCUT2D eigenvalue weighted by atomic mass is 10.1. The van der Waals surface area contributed by atoms with E-state index in [1.165, 1.54) is 16.3 Å². The molecule has 4 nitrogen and oxygen atoms in total. The maximum Gasteiger partial charge on any atom is 0.266 e. The molecule has 0 atom stereocenters. The van der Waals surface area contributed by atoms with Gasteiger partial charge in [-0.2, -0.15) is 0 Å². The van der Waals surface area contributed by atoms with Gasteiger partial charge in [0.25, 0.3) is 5.56 Å². The first kappa shape index (κ1) is 20.7. The molecule has 0 aliphatic carbocycles. The Bertz CT molecular complexity index is 1320. The van der Waals surface area contributed by atoms with Crippen LogP contribution in [0.2, 0.25) is 10.0 Å². The number of hydrogen-bond acceptors (Lipinski definition) is 4. The molecular weight excluding hydrogens is 439 g/mol. The number of benzene rings is 3. The number of nitrogens with zero attached hydrogens (tertiary/aromatic N) is 2. The summed E-state index contributed by atoms with van der Waals surface area (Å²) >= 11 is 13.7. The minimum atomic E-state index is -0.268.